The van der Waals surface area contributed by atoms with Gasteiger partial charge in [0.05, 0.1) is 0 Å². The summed E-state index contributed by atoms with van der Waals surface area (Å²) in [6.45, 7) is 11.1. The van der Waals surface area contributed by atoms with Crippen molar-refractivity contribution < 1.29 is 8.82 Å². The van der Waals surface area contributed by atoms with Gasteiger partial charge >= 0.3 is 0 Å². The predicted octanol–water partition coefficient (Wildman–Crippen LogP) is 5.59. The molecule has 1 aromatic heterocycles. The molecule has 116 valence electrons. The van der Waals surface area contributed by atoms with E-state index in [1.807, 2.05) is 12.3 Å². The molecule has 1 aromatic carbocycles. The predicted molar refractivity (Wildman–Crippen MR) is 93.0 cm³/mol. The third-order valence-electron chi connectivity index (χ3n) is 4.33. The highest BCUT2D eigenvalue weighted by Crippen LogP contribution is 2.38. The molecule has 1 heterocycles. The summed E-state index contributed by atoms with van der Waals surface area (Å²) in [4.78, 5) is 3.06. The first-order valence-corrected chi connectivity index (χ1v) is 11.0. The van der Waals surface area contributed by atoms with Gasteiger partial charge < -0.3 is 9.41 Å². The Kier molecular flexibility index (Phi) is 4.66. The van der Waals surface area contributed by atoms with Crippen LogP contribution in [-0.2, 0) is 10.8 Å². The third kappa shape index (κ3) is 3.76. The molecule has 0 amide bonds. The Labute approximate surface area is 135 Å². The molecule has 0 saturated carbocycles. The molecular weight excluding hydrogens is 349 g/mol. The average Bonchev–Trinajstić information content (AvgIpc) is 2.74. The molecule has 2 rings (SSSR count). The second kappa shape index (κ2) is 5.86. The lowest BCUT2D eigenvalue weighted by molar-refractivity contribution is 0.267. The lowest BCUT2D eigenvalue weighted by Crippen LogP contribution is -2.43. The summed E-state index contributed by atoms with van der Waals surface area (Å²) in [6.07, 6.45) is 2.49. The molecule has 0 unspecified atom stereocenters. The van der Waals surface area contributed by atoms with Crippen molar-refractivity contribution in [1.82, 2.24) is 4.98 Å². The van der Waals surface area contributed by atoms with Crippen LogP contribution in [0.25, 0.3) is 10.9 Å². The SMILES string of the molecule is CC(C)(C)[Si](C)(C)O[C@@H](Br)Cc1cc(F)cc2[nH]ccc12. The molecule has 0 saturated heterocycles. The van der Waals surface area contributed by atoms with Gasteiger partial charge in [-0.15, -0.1) is 0 Å². The van der Waals surface area contributed by atoms with Gasteiger partial charge in [-0.3, -0.25) is 0 Å². The number of alkyl halides is 1. The first-order chi connectivity index (χ1) is 9.60. The van der Waals surface area contributed by atoms with Crippen LogP contribution in [0.3, 0.4) is 0 Å². The number of H-pyrrole nitrogens is 1. The van der Waals surface area contributed by atoms with Crippen molar-refractivity contribution in [3.8, 4) is 0 Å². The van der Waals surface area contributed by atoms with Crippen LogP contribution in [0.15, 0.2) is 24.4 Å². The number of aromatic nitrogens is 1. The minimum Gasteiger partial charge on any atom is -0.404 e. The van der Waals surface area contributed by atoms with Gasteiger partial charge in [0.15, 0.2) is 8.32 Å². The van der Waals surface area contributed by atoms with E-state index in [1.54, 1.807) is 6.07 Å². The van der Waals surface area contributed by atoms with E-state index in [-0.39, 0.29) is 15.9 Å². The standard InChI is InChI=1S/C16H23BrFNOSi/c1-16(2,3)21(4,5)20-15(17)9-11-8-12(18)10-14-13(11)6-7-19-14/h6-8,10,15,19H,9H2,1-5H3/t15-/m1/s1. The van der Waals surface area contributed by atoms with Gasteiger partial charge in [0.2, 0.25) is 0 Å². The Morgan fingerprint density at radius 2 is 2.00 bits per heavy atom. The monoisotopic (exact) mass is 371 g/mol. The zero-order chi connectivity index (χ0) is 15.8. The van der Waals surface area contributed by atoms with E-state index in [0.717, 1.165) is 16.5 Å². The molecule has 0 aliphatic heterocycles. The second-order valence-corrected chi connectivity index (χ2v) is 12.8. The molecule has 0 spiro atoms. The summed E-state index contributed by atoms with van der Waals surface area (Å²) in [5, 5.41) is 1.11. The van der Waals surface area contributed by atoms with Gasteiger partial charge in [-0.05, 0) is 41.9 Å². The molecule has 0 bridgehead atoms. The minimum atomic E-state index is -1.84. The fourth-order valence-electron chi connectivity index (χ4n) is 2.09. The van der Waals surface area contributed by atoms with Crippen molar-refractivity contribution in [3.63, 3.8) is 0 Å². The number of hydrogen-bond donors (Lipinski definition) is 1. The van der Waals surface area contributed by atoms with Gasteiger partial charge in [-0.2, -0.15) is 0 Å². The van der Waals surface area contributed by atoms with Gasteiger partial charge in [0, 0.05) is 23.5 Å². The van der Waals surface area contributed by atoms with Crippen molar-refractivity contribution >= 4 is 35.2 Å². The molecule has 1 N–H and O–H groups in total. The maximum Gasteiger partial charge on any atom is 0.193 e. The lowest BCUT2D eigenvalue weighted by Gasteiger charge is -2.38. The van der Waals surface area contributed by atoms with Gasteiger partial charge in [-0.25, -0.2) is 4.39 Å². The third-order valence-corrected chi connectivity index (χ3v) is 9.67. The van der Waals surface area contributed by atoms with E-state index in [4.69, 9.17) is 4.43 Å². The van der Waals surface area contributed by atoms with Crippen LogP contribution in [0.1, 0.15) is 26.3 Å². The van der Waals surface area contributed by atoms with Crippen LogP contribution >= 0.6 is 15.9 Å². The normalized spacial score (nSPS) is 14.6. The summed E-state index contributed by atoms with van der Waals surface area (Å²) in [6, 6.07) is 5.10. The van der Waals surface area contributed by atoms with Crippen LogP contribution in [0.4, 0.5) is 4.39 Å². The summed E-state index contributed by atoms with van der Waals surface area (Å²) < 4.78 is 20.0. The molecule has 21 heavy (non-hydrogen) atoms. The van der Waals surface area contributed by atoms with Crippen molar-refractivity contribution in [2.45, 2.75) is 50.3 Å². The quantitative estimate of drug-likeness (QED) is 0.549. The van der Waals surface area contributed by atoms with E-state index in [2.05, 4.69) is 54.8 Å². The molecular formula is C16H23BrFNOSi. The van der Waals surface area contributed by atoms with Gasteiger partial charge in [0.25, 0.3) is 0 Å². The van der Waals surface area contributed by atoms with Crippen molar-refractivity contribution in [3.05, 3.63) is 35.8 Å². The summed E-state index contributed by atoms with van der Waals surface area (Å²) >= 11 is 3.62. The molecule has 0 fully saturated rings. The van der Waals surface area contributed by atoms with E-state index < -0.39 is 8.32 Å². The molecule has 1 atom stereocenters. The first kappa shape index (κ1) is 16.7. The Morgan fingerprint density at radius 1 is 1.33 bits per heavy atom. The number of hydrogen-bond acceptors (Lipinski definition) is 1. The summed E-state index contributed by atoms with van der Waals surface area (Å²) in [5.74, 6) is -0.216. The van der Waals surface area contributed by atoms with Crippen molar-refractivity contribution in [2.75, 3.05) is 0 Å². The Bertz CT molecular complexity index is 633. The minimum absolute atomic E-state index is 0.0988. The highest BCUT2D eigenvalue weighted by Gasteiger charge is 2.38. The molecule has 0 aliphatic carbocycles. The van der Waals surface area contributed by atoms with E-state index in [1.165, 1.54) is 6.07 Å². The number of rotatable bonds is 4. The highest BCUT2D eigenvalue weighted by molar-refractivity contribution is 9.09. The van der Waals surface area contributed by atoms with E-state index in [0.29, 0.717) is 6.42 Å². The number of benzene rings is 1. The van der Waals surface area contributed by atoms with Crippen LogP contribution in [0.2, 0.25) is 18.1 Å². The van der Waals surface area contributed by atoms with Crippen molar-refractivity contribution in [2.24, 2.45) is 0 Å². The molecule has 2 nitrogen and oxygen atoms in total. The molecule has 0 radical (unpaired) electrons. The number of halogens is 2. The fourth-order valence-corrected chi connectivity index (χ4v) is 4.91. The Morgan fingerprint density at radius 3 is 2.62 bits per heavy atom. The number of fused-ring (bicyclic) bond motifs is 1. The number of nitrogens with one attached hydrogen (secondary N) is 1. The smallest absolute Gasteiger partial charge is 0.193 e. The lowest BCUT2D eigenvalue weighted by atomic mass is 10.1. The van der Waals surface area contributed by atoms with Gasteiger partial charge in [-0.1, -0.05) is 36.7 Å². The average molecular weight is 372 g/mol. The molecule has 0 aliphatic rings. The Balaban J connectivity index is 2.19. The topological polar surface area (TPSA) is 25.0 Å². The maximum absolute atomic E-state index is 13.7. The van der Waals surface area contributed by atoms with Gasteiger partial charge in [0.1, 0.15) is 10.8 Å². The second-order valence-electron chi connectivity index (χ2n) is 7.00. The van der Waals surface area contributed by atoms with E-state index >= 15 is 0 Å². The van der Waals surface area contributed by atoms with Crippen LogP contribution in [-0.4, -0.2) is 18.3 Å². The largest absolute Gasteiger partial charge is 0.404 e. The Hall–Kier alpha value is -0.653. The highest BCUT2D eigenvalue weighted by atomic mass is 79.9. The first-order valence-electron chi connectivity index (χ1n) is 7.17. The summed E-state index contributed by atoms with van der Waals surface area (Å²) in [5.41, 5.74) is 1.80. The van der Waals surface area contributed by atoms with Crippen LogP contribution in [0.5, 0.6) is 0 Å². The van der Waals surface area contributed by atoms with E-state index in [9.17, 15) is 4.39 Å². The van der Waals surface area contributed by atoms with Crippen LogP contribution < -0.4 is 0 Å². The number of aromatic amines is 1. The maximum atomic E-state index is 13.7. The molecule has 2 aromatic rings. The summed E-state index contributed by atoms with van der Waals surface area (Å²) in [7, 11) is -1.84. The fraction of sp³-hybridized carbons (Fsp3) is 0.500. The zero-order valence-corrected chi connectivity index (χ0v) is 15.8. The van der Waals surface area contributed by atoms with Crippen molar-refractivity contribution in [1.29, 1.82) is 0 Å². The zero-order valence-electron chi connectivity index (χ0n) is 13.3. The van der Waals surface area contributed by atoms with Crippen LogP contribution in [0, 0.1) is 5.82 Å². The molecule has 5 heteroatoms.